The van der Waals surface area contributed by atoms with Gasteiger partial charge in [0.25, 0.3) is 0 Å². The summed E-state index contributed by atoms with van der Waals surface area (Å²) in [6.07, 6.45) is 0.0909. The summed E-state index contributed by atoms with van der Waals surface area (Å²) in [6.45, 7) is -0.206. The maximum atomic E-state index is 13.0. The predicted molar refractivity (Wildman–Crippen MR) is 91.3 cm³/mol. The lowest BCUT2D eigenvalue weighted by Crippen LogP contribution is -2.33. The molecule has 0 aliphatic carbocycles. The monoisotopic (exact) mass is 346 g/mol. The Morgan fingerprint density at radius 1 is 1.00 bits per heavy atom. The van der Waals surface area contributed by atoms with Crippen LogP contribution in [0.4, 0.5) is 10.1 Å². The molecule has 0 aliphatic rings. The molecule has 0 bridgehead atoms. The lowest BCUT2D eigenvalue weighted by molar-refractivity contribution is -0.123. The number of anilines is 1. The molecule has 2 aromatic carbocycles. The Hall–Kier alpha value is -3.09. The van der Waals surface area contributed by atoms with Crippen molar-refractivity contribution in [1.82, 2.24) is 5.32 Å². The molecular formula is C18H19FN2O4. The third-order valence-electron chi connectivity index (χ3n) is 3.37. The number of methoxy groups -OCH3 is 2. The number of nitrogens with one attached hydrogen (secondary N) is 2. The predicted octanol–water partition coefficient (Wildman–Crippen LogP) is 2.14. The highest BCUT2D eigenvalue weighted by Gasteiger charge is 2.10. The summed E-state index contributed by atoms with van der Waals surface area (Å²) >= 11 is 0. The molecule has 2 N–H and O–H groups in total. The summed E-state index contributed by atoms with van der Waals surface area (Å²) in [4.78, 5) is 23.7. The number of hydrogen-bond donors (Lipinski definition) is 2. The molecule has 0 saturated heterocycles. The van der Waals surface area contributed by atoms with Gasteiger partial charge in [-0.05, 0) is 35.9 Å². The highest BCUT2D eigenvalue weighted by Crippen LogP contribution is 2.27. The normalized spacial score (nSPS) is 10.0. The average molecular weight is 346 g/mol. The zero-order valence-electron chi connectivity index (χ0n) is 14.0. The first kappa shape index (κ1) is 18.3. The van der Waals surface area contributed by atoms with Crippen LogP contribution in [0, 0.1) is 5.82 Å². The van der Waals surface area contributed by atoms with Gasteiger partial charge in [-0.25, -0.2) is 4.39 Å². The Labute approximate surface area is 144 Å². The number of carbonyl (C=O) groups excluding carboxylic acids is 2. The van der Waals surface area contributed by atoms with E-state index in [4.69, 9.17) is 9.47 Å². The molecule has 25 heavy (non-hydrogen) atoms. The van der Waals surface area contributed by atoms with Crippen molar-refractivity contribution in [3.8, 4) is 11.5 Å². The van der Waals surface area contributed by atoms with Crippen molar-refractivity contribution >= 4 is 17.5 Å². The Kier molecular flexibility index (Phi) is 6.33. The number of rotatable bonds is 7. The molecule has 0 unspecified atom stereocenters. The molecule has 2 amide bonds. The van der Waals surface area contributed by atoms with Crippen molar-refractivity contribution in [1.29, 1.82) is 0 Å². The second-order valence-corrected chi connectivity index (χ2v) is 5.20. The van der Waals surface area contributed by atoms with E-state index in [9.17, 15) is 14.0 Å². The molecule has 0 saturated carbocycles. The highest BCUT2D eigenvalue weighted by molar-refractivity contribution is 5.94. The van der Waals surface area contributed by atoms with Crippen LogP contribution in [0.1, 0.15) is 5.56 Å². The van der Waals surface area contributed by atoms with E-state index in [2.05, 4.69) is 10.6 Å². The largest absolute Gasteiger partial charge is 0.493 e. The molecule has 0 spiro atoms. The van der Waals surface area contributed by atoms with E-state index in [1.54, 1.807) is 24.3 Å². The standard InChI is InChI=1S/C18H19FN2O4/c1-24-15-7-6-12(8-16(15)25-2)9-17(22)20-11-18(23)21-14-5-3-4-13(19)10-14/h3-8,10H,9,11H2,1-2H3,(H,20,22)(H,21,23). The van der Waals surface area contributed by atoms with Crippen LogP contribution in [0.3, 0.4) is 0 Å². The second-order valence-electron chi connectivity index (χ2n) is 5.20. The molecule has 132 valence electrons. The van der Waals surface area contributed by atoms with E-state index in [0.29, 0.717) is 17.2 Å². The van der Waals surface area contributed by atoms with Gasteiger partial charge < -0.3 is 20.1 Å². The van der Waals surface area contributed by atoms with Gasteiger partial charge in [0, 0.05) is 5.69 Å². The molecule has 2 aromatic rings. The van der Waals surface area contributed by atoms with E-state index >= 15 is 0 Å². The van der Waals surface area contributed by atoms with Gasteiger partial charge in [0.15, 0.2) is 11.5 Å². The molecule has 0 aliphatic heterocycles. The summed E-state index contributed by atoms with van der Waals surface area (Å²) in [6, 6.07) is 10.7. The maximum Gasteiger partial charge on any atom is 0.243 e. The lowest BCUT2D eigenvalue weighted by Gasteiger charge is -2.10. The fourth-order valence-corrected chi connectivity index (χ4v) is 2.19. The molecule has 0 aromatic heterocycles. The third-order valence-corrected chi connectivity index (χ3v) is 3.37. The van der Waals surface area contributed by atoms with Crippen molar-refractivity contribution in [3.63, 3.8) is 0 Å². The van der Waals surface area contributed by atoms with Crippen LogP contribution in [0.2, 0.25) is 0 Å². The van der Waals surface area contributed by atoms with E-state index in [1.807, 2.05) is 0 Å². The minimum Gasteiger partial charge on any atom is -0.493 e. The summed E-state index contributed by atoms with van der Waals surface area (Å²) < 4.78 is 23.4. The van der Waals surface area contributed by atoms with Gasteiger partial charge in [0.2, 0.25) is 11.8 Å². The van der Waals surface area contributed by atoms with E-state index in [-0.39, 0.29) is 18.9 Å². The van der Waals surface area contributed by atoms with Crippen molar-refractivity contribution in [2.75, 3.05) is 26.1 Å². The number of amides is 2. The van der Waals surface area contributed by atoms with Crippen LogP contribution in [0.5, 0.6) is 11.5 Å². The SMILES string of the molecule is COc1ccc(CC(=O)NCC(=O)Nc2cccc(F)c2)cc1OC. The van der Waals surface area contributed by atoms with Gasteiger partial charge in [0.05, 0.1) is 27.2 Å². The van der Waals surface area contributed by atoms with Crippen LogP contribution < -0.4 is 20.1 Å². The number of halogens is 1. The summed E-state index contributed by atoms with van der Waals surface area (Å²) in [5.74, 6) is -0.110. The Morgan fingerprint density at radius 2 is 1.76 bits per heavy atom. The second kappa shape index (κ2) is 8.68. The fraction of sp³-hybridized carbons (Fsp3) is 0.222. The van der Waals surface area contributed by atoms with Crippen molar-refractivity contribution in [2.24, 2.45) is 0 Å². The first-order valence-electron chi connectivity index (χ1n) is 7.55. The Balaban J connectivity index is 1.85. The Bertz CT molecular complexity index is 764. The lowest BCUT2D eigenvalue weighted by atomic mass is 10.1. The van der Waals surface area contributed by atoms with Crippen LogP contribution in [-0.2, 0) is 16.0 Å². The van der Waals surface area contributed by atoms with Crippen LogP contribution in [0.25, 0.3) is 0 Å². The first-order chi connectivity index (χ1) is 12.0. The zero-order valence-corrected chi connectivity index (χ0v) is 14.0. The van der Waals surface area contributed by atoms with Gasteiger partial charge in [-0.2, -0.15) is 0 Å². The average Bonchev–Trinajstić information content (AvgIpc) is 2.60. The first-order valence-corrected chi connectivity index (χ1v) is 7.55. The number of hydrogen-bond acceptors (Lipinski definition) is 4. The molecule has 0 atom stereocenters. The summed E-state index contributed by atoms with van der Waals surface area (Å²) in [5.41, 5.74) is 1.06. The molecular weight excluding hydrogens is 327 g/mol. The number of carbonyl (C=O) groups is 2. The van der Waals surface area contributed by atoms with Gasteiger partial charge >= 0.3 is 0 Å². The van der Waals surface area contributed by atoms with E-state index in [0.717, 1.165) is 5.56 Å². The molecule has 6 nitrogen and oxygen atoms in total. The topological polar surface area (TPSA) is 76.7 Å². The quantitative estimate of drug-likeness (QED) is 0.805. The molecule has 0 heterocycles. The third kappa shape index (κ3) is 5.49. The molecule has 0 radical (unpaired) electrons. The summed E-state index contributed by atoms with van der Waals surface area (Å²) in [5, 5.41) is 5.02. The van der Waals surface area contributed by atoms with Gasteiger partial charge in [-0.3, -0.25) is 9.59 Å². The van der Waals surface area contributed by atoms with Gasteiger partial charge in [0.1, 0.15) is 5.82 Å². The fourth-order valence-electron chi connectivity index (χ4n) is 2.19. The van der Waals surface area contributed by atoms with Crippen LogP contribution in [0.15, 0.2) is 42.5 Å². The maximum absolute atomic E-state index is 13.0. The van der Waals surface area contributed by atoms with Crippen molar-refractivity contribution in [2.45, 2.75) is 6.42 Å². The molecule has 2 rings (SSSR count). The van der Waals surface area contributed by atoms with Gasteiger partial charge in [-0.15, -0.1) is 0 Å². The zero-order chi connectivity index (χ0) is 18.2. The number of ether oxygens (including phenoxy) is 2. The van der Waals surface area contributed by atoms with Crippen LogP contribution >= 0.6 is 0 Å². The highest BCUT2D eigenvalue weighted by atomic mass is 19.1. The smallest absolute Gasteiger partial charge is 0.243 e. The van der Waals surface area contributed by atoms with Gasteiger partial charge in [-0.1, -0.05) is 12.1 Å². The minimum atomic E-state index is -0.449. The van der Waals surface area contributed by atoms with Crippen molar-refractivity contribution in [3.05, 3.63) is 53.8 Å². The van der Waals surface area contributed by atoms with Crippen molar-refractivity contribution < 1.29 is 23.5 Å². The van der Waals surface area contributed by atoms with E-state index in [1.165, 1.54) is 32.4 Å². The molecule has 0 fully saturated rings. The number of benzene rings is 2. The van der Waals surface area contributed by atoms with Crippen LogP contribution in [-0.4, -0.2) is 32.6 Å². The van der Waals surface area contributed by atoms with E-state index < -0.39 is 11.7 Å². The molecule has 7 heteroatoms. The Morgan fingerprint density at radius 3 is 2.44 bits per heavy atom. The summed E-state index contributed by atoms with van der Waals surface area (Å²) in [7, 11) is 3.04. The minimum absolute atomic E-state index is 0.0909.